The molecule has 14 heavy (non-hydrogen) atoms. The standard InChI is InChI=1S/C10H16BrNOS/c1-7(2)5-13-9(4-12)10-3-8(11)6-14-10/h3,6-7,9H,4-5,12H2,1-2H3. The maximum absolute atomic E-state index is 5.72. The molecule has 80 valence electrons. The van der Waals surface area contributed by atoms with Gasteiger partial charge in [-0.1, -0.05) is 13.8 Å². The Kier molecular flexibility index (Phi) is 5.09. The molecule has 0 amide bonds. The minimum absolute atomic E-state index is 0.0497. The summed E-state index contributed by atoms with van der Waals surface area (Å²) < 4.78 is 6.82. The van der Waals surface area contributed by atoms with Crippen LogP contribution in [0.25, 0.3) is 0 Å². The zero-order chi connectivity index (χ0) is 10.6. The fourth-order valence-corrected chi connectivity index (χ4v) is 2.58. The van der Waals surface area contributed by atoms with Crippen molar-refractivity contribution >= 4 is 27.3 Å². The summed E-state index contributed by atoms with van der Waals surface area (Å²) in [5.74, 6) is 0.549. The molecule has 0 saturated heterocycles. The summed E-state index contributed by atoms with van der Waals surface area (Å²) in [7, 11) is 0. The fourth-order valence-electron chi connectivity index (χ4n) is 1.07. The molecule has 1 atom stereocenters. The van der Waals surface area contributed by atoms with Gasteiger partial charge < -0.3 is 10.5 Å². The Morgan fingerprint density at radius 2 is 2.29 bits per heavy atom. The molecule has 0 aliphatic heterocycles. The molecule has 1 rings (SSSR count). The van der Waals surface area contributed by atoms with Crippen LogP contribution < -0.4 is 5.73 Å². The van der Waals surface area contributed by atoms with Crippen LogP contribution >= 0.6 is 27.3 Å². The molecule has 0 bridgehead atoms. The first-order valence-electron chi connectivity index (χ1n) is 4.69. The van der Waals surface area contributed by atoms with Crippen molar-refractivity contribution in [3.8, 4) is 0 Å². The maximum atomic E-state index is 5.72. The third kappa shape index (κ3) is 3.69. The van der Waals surface area contributed by atoms with Gasteiger partial charge in [0.1, 0.15) is 6.10 Å². The van der Waals surface area contributed by atoms with E-state index in [1.54, 1.807) is 11.3 Å². The lowest BCUT2D eigenvalue weighted by Crippen LogP contribution is -2.17. The summed E-state index contributed by atoms with van der Waals surface area (Å²) in [6.45, 7) is 5.58. The largest absolute Gasteiger partial charge is 0.371 e. The number of rotatable bonds is 5. The van der Waals surface area contributed by atoms with Crippen LogP contribution in [0, 0.1) is 5.92 Å². The van der Waals surface area contributed by atoms with Gasteiger partial charge in [0.2, 0.25) is 0 Å². The normalized spacial score (nSPS) is 13.5. The second-order valence-electron chi connectivity index (χ2n) is 3.62. The molecule has 2 nitrogen and oxygen atoms in total. The second-order valence-corrected chi connectivity index (χ2v) is 5.48. The van der Waals surface area contributed by atoms with Crippen molar-refractivity contribution in [3.63, 3.8) is 0 Å². The van der Waals surface area contributed by atoms with Crippen molar-refractivity contribution in [2.75, 3.05) is 13.2 Å². The predicted molar refractivity (Wildman–Crippen MR) is 64.6 cm³/mol. The molecule has 0 aromatic carbocycles. The van der Waals surface area contributed by atoms with Crippen LogP contribution in [0.2, 0.25) is 0 Å². The van der Waals surface area contributed by atoms with Gasteiger partial charge in [-0.15, -0.1) is 11.3 Å². The topological polar surface area (TPSA) is 35.2 Å². The molecule has 1 aromatic heterocycles. The molecule has 1 unspecified atom stereocenters. The number of hydrogen-bond acceptors (Lipinski definition) is 3. The van der Waals surface area contributed by atoms with Crippen LogP contribution in [0.5, 0.6) is 0 Å². The SMILES string of the molecule is CC(C)COC(CN)c1cc(Br)cs1. The highest BCUT2D eigenvalue weighted by molar-refractivity contribution is 9.10. The van der Waals surface area contributed by atoms with E-state index in [4.69, 9.17) is 10.5 Å². The molecule has 0 aliphatic carbocycles. The fraction of sp³-hybridized carbons (Fsp3) is 0.600. The smallest absolute Gasteiger partial charge is 0.104 e. The molecular weight excluding hydrogens is 262 g/mol. The van der Waals surface area contributed by atoms with Crippen molar-refractivity contribution in [3.05, 3.63) is 20.8 Å². The minimum atomic E-state index is 0.0497. The van der Waals surface area contributed by atoms with Gasteiger partial charge in [0, 0.05) is 27.9 Å². The van der Waals surface area contributed by atoms with Crippen LogP contribution in [-0.4, -0.2) is 13.2 Å². The third-order valence-electron chi connectivity index (χ3n) is 1.75. The highest BCUT2D eigenvalue weighted by atomic mass is 79.9. The summed E-state index contributed by atoms with van der Waals surface area (Å²) in [5, 5.41) is 2.05. The van der Waals surface area contributed by atoms with Gasteiger partial charge in [-0.3, -0.25) is 0 Å². The van der Waals surface area contributed by atoms with Crippen LogP contribution in [0.1, 0.15) is 24.8 Å². The number of ether oxygens (including phenoxy) is 1. The highest BCUT2D eigenvalue weighted by Gasteiger charge is 2.12. The lowest BCUT2D eigenvalue weighted by Gasteiger charge is -2.15. The first kappa shape index (κ1) is 12.2. The molecule has 2 N–H and O–H groups in total. The molecule has 1 aromatic rings. The van der Waals surface area contributed by atoms with Gasteiger partial charge in [0.25, 0.3) is 0 Å². The van der Waals surface area contributed by atoms with Gasteiger partial charge in [-0.25, -0.2) is 0 Å². The van der Waals surface area contributed by atoms with Gasteiger partial charge in [-0.05, 0) is 27.9 Å². The van der Waals surface area contributed by atoms with Gasteiger partial charge in [-0.2, -0.15) is 0 Å². The lowest BCUT2D eigenvalue weighted by atomic mass is 10.2. The van der Waals surface area contributed by atoms with Crippen LogP contribution in [-0.2, 0) is 4.74 Å². The van der Waals surface area contributed by atoms with Crippen molar-refractivity contribution in [2.45, 2.75) is 20.0 Å². The van der Waals surface area contributed by atoms with Crippen LogP contribution in [0.3, 0.4) is 0 Å². The molecule has 0 spiro atoms. The second kappa shape index (κ2) is 5.85. The Morgan fingerprint density at radius 1 is 1.57 bits per heavy atom. The van der Waals surface area contributed by atoms with E-state index in [0.29, 0.717) is 12.5 Å². The predicted octanol–water partition coefficient (Wildman–Crippen LogP) is 3.18. The molecule has 0 aliphatic rings. The van der Waals surface area contributed by atoms with Crippen molar-refractivity contribution in [1.82, 2.24) is 0 Å². The van der Waals surface area contributed by atoms with E-state index in [2.05, 4.69) is 41.2 Å². The van der Waals surface area contributed by atoms with Crippen LogP contribution in [0.4, 0.5) is 0 Å². The van der Waals surface area contributed by atoms with E-state index in [1.807, 2.05) is 0 Å². The van der Waals surface area contributed by atoms with Crippen molar-refractivity contribution in [1.29, 1.82) is 0 Å². The number of hydrogen-bond donors (Lipinski definition) is 1. The number of thiophene rings is 1. The van der Waals surface area contributed by atoms with E-state index in [-0.39, 0.29) is 6.10 Å². The van der Waals surface area contributed by atoms with Gasteiger partial charge >= 0.3 is 0 Å². The Bertz CT molecular complexity index is 275. The zero-order valence-electron chi connectivity index (χ0n) is 8.50. The average molecular weight is 278 g/mol. The first-order chi connectivity index (χ1) is 6.63. The zero-order valence-corrected chi connectivity index (χ0v) is 10.9. The van der Waals surface area contributed by atoms with Crippen LogP contribution in [0.15, 0.2) is 15.9 Å². The number of halogens is 1. The molecule has 0 fully saturated rings. The summed E-state index contributed by atoms with van der Waals surface area (Å²) in [5.41, 5.74) is 5.67. The van der Waals surface area contributed by atoms with E-state index < -0.39 is 0 Å². The number of nitrogens with two attached hydrogens (primary N) is 1. The molecule has 4 heteroatoms. The third-order valence-corrected chi connectivity index (χ3v) is 3.54. The Balaban J connectivity index is 2.54. The molecule has 0 radical (unpaired) electrons. The van der Waals surface area contributed by atoms with E-state index in [0.717, 1.165) is 11.1 Å². The maximum Gasteiger partial charge on any atom is 0.104 e. The van der Waals surface area contributed by atoms with Crippen molar-refractivity contribution < 1.29 is 4.74 Å². The summed E-state index contributed by atoms with van der Waals surface area (Å²) in [6.07, 6.45) is 0.0497. The lowest BCUT2D eigenvalue weighted by molar-refractivity contribution is 0.0427. The van der Waals surface area contributed by atoms with Crippen molar-refractivity contribution in [2.24, 2.45) is 11.7 Å². The van der Waals surface area contributed by atoms with Gasteiger partial charge in [0.15, 0.2) is 0 Å². The Hall–Kier alpha value is 0.1000. The summed E-state index contributed by atoms with van der Waals surface area (Å²) in [4.78, 5) is 1.19. The molecular formula is C10H16BrNOS. The van der Waals surface area contributed by atoms with E-state index in [9.17, 15) is 0 Å². The summed E-state index contributed by atoms with van der Waals surface area (Å²) >= 11 is 5.11. The minimum Gasteiger partial charge on any atom is -0.371 e. The Labute approximate surface area is 97.6 Å². The average Bonchev–Trinajstić information content (AvgIpc) is 2.53. The summed E-state index contributed by atoms with van der Waals surface area (Å²) in [6, 6.07) is 2.07. The first-order valence-corrected chi connectivity index (χ1v) is 6.36. The monoisotopic (exact) mass is 277 g/mol. The van der Waals surface area contributed by atoms with E-state index >= 15 is 0 Å². The highest BCUT2D eigenvalue weighted by Crippen LogP contribution is 2.27. The van der Waals surface area contributed by atoms with Gasteiger partial charge in [0.05, 0.1) is 0 Å². The quantitative estimate of drug-likeness (QED) is 0.897. The molecule has 1 heterocycles. The molecule has 0 saturated carbocycles. The van der Waals surface area contributed by atoms with E-state index in [1.165, 1.54) is 4.88 Å². The Morgan fingerprint density at radius 3 is 2.71 bits per heavy atom.